The fourth-order valence-corrected chi connectivity index (χ4v) is 2.11. The Hall–Kier alpha value is -1.36. The van der Waals surface area contributed by atoms with E-state index >= 15 is 0 Å². The predicted molar refractivity (Wildman–Crippen MR) is 55.2 cm³/mol. The standard InChI is InChI=1S/C10H16N2O3/c1-2-4-10(9(14)15)5-3-6-12(10)8(13)7-11/h2H,1,3-7,11H2,(H,14,15)/t10-/m0/s1. The Bertz CT molecular complexity index is 290. The van der Waals surface area contributed by atoms with Crippen LogP contribution in [0, 0.1) is 0 Å². The van der Waals surface area contributed by atoms with Crippen LogP contribution in [0.5, 0.6) is 0 Å². The molecule has 0 spiro atoms. The van der Waals surface area contributed by atoms with Gasteiger partial charge in [-0.05, 0) is 19.3 Å². The molecule has 0 radical (unpaired) electrons. The van der Waals surface area contributed by atoms with Crippen molar-refractivity contribution in [2.24, 2.45) is 5.73 Å². The summed E-state index contributed by atoms with van der Waals surface area (Å²) in [6.07, 6.45) is 2.98. The molecular weight excluding hydrogens is 196 g/mol. The number of carbonyl (C=O) groups excluding carboxylic acids is 1. The van der Waals surface area contributed by atoms with Crippen molar-refractivity contribution in [3.63, 3.8) is 0 Å². The van der Waals surface area contributed by atoms with Gasteiger partial charge < -0.3 is 15.7 Å². The predicted octanol–water partition coefficient (Wildman–Crippen LogP) is -0.0330. The van der Waals surface area contributed by atoms with Gasteiger partial charge in [0.05, 0.1) is 6.54 Å². The van der Waals surface area contributed by atoms with E-state index in [1.54, 1.807) is 0 Å². The molecule has 1 saturated heterocycles. The summed E-state index contributed by atoms with van der Waals surface area (Å²) in [6.45, 7) is 3.86. The minimum atomic E-state index is -1.11. The number of amides is 1. The zero-order valence-corrected chi connectivity index (χ0v) is 8.61. The van der Waals surface area contributed by atoms with Crippen LogP contribution in [0.15, 0.2) is 12.7 Å². The highest BCUT2D eigenvalue weighted by Crippen LogP contribution is 2.33. The summed E-state index contributed by atoms with van der Waals surface area (Å²) < 4.78 is 0. The van der Waals surface area contributed by atoms with E-state index in [2.05, 4.69) is 6.58 Å². The molecule has 15 heavy (non-hydrogen) atoms. The van der Waals surface area contributed by atoms with Crippen LogP contribution in [0.4, 0.5) is 0 Å². The van der Waals surface area contributed by atoms with E-state index in [-0.39, 0.29) is 18.9 Å². The first-order valence-corrected chi connectivity index (χ1v) is 4.93. The van der Waals surface area contributed by atoms with Gasteiger partial charge >= 0.3 is 5.97 Å². The van der Waals surface area contributed by atoms with Crippen LogP contribution in [0.1, 0.15) is 19.3 Å². The van der Waals surface area contributed by atoms with Gasteiger partial charge in [0.1, 0.15) is 5.54 Å². The monoisotopic (exact) mass is 212 g/mol. The summed E-state index contributed by atoms with van der Waals surface area (Å²) in [6, 6.07) is 0. The van der Waals surface area contributed by atoms with Gasteiger partial charge in [0.15, 0.2) is 0 Å². The highest BCUT2D eigenvalue weighted by molar-refractivity contribution is 5.88. The van der Waals surface area contributed by atoms with Crippen LogP contribution >= 0.6 is 0 Å². The molecule has 0 aliphatic carbocycles. The topological polar surface area (TPSA) is 83.6 Å². The van der Waals surface area contributed by atoms with E-state index in [4.69, 9.17) is 5.73 Å². The SMILES string of the molecule is C=CC[C@@]1(C(=O)O)CCCN1C(=O)CN. The lowest BCUT2D eigenvalue weighted by Gasteiger charge is -2.33. The Morgan fingerprint density at radius 1 is 1.60 bits per heavy atom. The lowest BCUT2D eigenvalue weighted by molar-refractivity contribution is -0.155. The first kappa shape index (κ1) is 11.7. The van der Waals surface area contributed by atoms with E-state index in [0.29, 0.717) is 19.4 Å². The van der Waals surface area contributed by atoms with Gasteiger partial charge in [0, 0.05) is 6.54 Å². The maximum atomic E-state index is 11.5. The molecule has 84 valence electrons. The lowest BCUT2D eigenvalue weighted by atomic mass is 9.92. The Balaban J connectivity index is 2.99. The number of nitrogens with two attached hydrogens (primary N) is 1. The van der Waals surface area contributed by atoms with Crippen molar-refractivity contribution in [1.29, 1.82) is 0 Å². The maximum absolute atomic E-state index is 11.5. The quantitative estimate of drug-likeness (QED) is 0.641. The molecular formula is C10H16N2O3. The Kier molecular flexibility index (Phi) is 3.47. The fraction of sp³-hybridized carbons (Fsp3) is 0.600. The molecule has 0 aromatic rings. The molecule has 1 aliphatic rings. The number of rotatable bonds is 4. The summed E-state index contributed by atoms with van der Waals surface area (Å²) in [4.78, 5) is 24.1. The Labute approximate surface area is 88.5 Å². The van der Waals surface area contributed by atoms with Crippen LogP contribution in [0.2, 0.25) is 0 Å². The molecule has 1 rings (SSSR count). The molecule has 5 nitrogen and oxygen atoms in total. The molecule has 1 aliphatic heterocycles. The van der Waals surface area contributed by atoms with Crippen LogP contribution in [0.25, 0.3) is 0 Å². The molecule has 3 N–H and O–H groups in total. The average molecular weight is 212 g/mol. The minimum absolute atomic E-state index is 0.147. The molecule has 1 fully saturated rings. The van der Waals surface area contributed by atoms with Crippen LogP contribution in [0.3, 0.4) is 0 Å². The van der Waals surface area contributed by atoms with Crippen molar-refractivity contribution < 1.29 is 14.7 Å². The summed E-state index contributed by atoms with van der Waals surface area (Å²) >= 11 is 0. The number of carbonyl (C=O) groups is 2. The Morgan fingerprint density at radius 3 is 2.73 bits per heavy atom. The fourth-order valence-electron chi connectivity index (χ4n) is 2.11. The first-order valence-electron chi connectivity index (χ1n) is 4.93. The summed E-state index contributed by atoms with van der Waals surface area (Å²) in [5, 5.41) is 9.23. The van der Waals surface area contributed by atoms with Gasteiger partial charge in [-0.15, -0.1) is 6.58 Å². The summed E-state index contributed by atoms with van der Waals surface area (Å²) in [5.74, 6) is -1.28. The zero-order valence-electron chi connectivity index (χ0n) is 8.61. The van der Waals surface area contributed by atoms with Gasteiger partial charge in [0.2, 0.25) is 5.91 Å². The van der Waals surface area contributed by atoms with E-state index in [1.807, 2.05) is 0 Å². The van der Waals surface area contributed by atoms with Gasteiger partial charge in [-0.25, -0.2) is 4.79 Å². The van der Waals surface area contributed by atoms with Crippen molar-refractivity contribution >= 4 is 11.9 Å². The number of carboxylic acid groups (broad SMARTS) is 1. The molecule has 1 atom stereocenters. The molecule has 0 aromatic carbocycles. The first-order chi connectivity index (χ1) is 7.08. The minimum Gasteiger partial charge on any atom is -0.479 e. The third kappa shape index (κ3) is 1.87. The zero-order chi connectivity index (χ0) is 11.5. The molecule has 0 aromatic heterocycles. The smallest absolute Gasteiger partial charge is 0.329 e. The van der Waals surface area contributed by atoms with E-state index < -0.39 is 11.5 Å². The van der Waals surface area contributed by atoms with Gasteiger partial charge in [-0.1, -0.05) is 6.08 Å². The summed E-state index contributed by atoms with van der Waals surface area (Å²) in [5.41, 5.74) is 4.15. The second-order valence-corrected chi connectivity index (χ2v) is 3.68. The molecule has 0 bridgehead atoms. The van der Waals surface area contributed by atoms with E-state index in [0.717, 1.165) is 0 Å². The number of hydrogen-bond acceptors (Lipinski definition) is 3. The second kappa shape index (κ2) is 4.44. The number of nitrogens with zero attached hydrogens (tertiary/aromatic N) is 1. The van der Waals surface area contributed by atoms with Crippen LogP contribution in [-0.4, -0.2) is 40.5 Å². The van der Waals surface area contributed by atoms with Gasteiger partial charge in [-0.2, -0.15) is 0 Å². The highest BCUT2D eigenvalue weighted by Gasteiger charge is 2.48. The normalized spacial score (nSPS) is 25.3. The molecule has 1 amide bonds. The van der Waals surface area contributed by atoms with Crippen molar-refractivity contribution in [3.05, 3.63) is 12.7 Å². The van der Waals surface area contributed by atoms with E-state index in [1.165, 1.54) is 11.0 Å². The highest BCUT2D eigenvalue weighted by atomic mass is 16.4. The van der Waals surface area contributed by atoms with Crippen molar-refractivity contribution in [2.75, 3.05) is 13.1 Å². The molecule has 1 heterocycles. The number of hydrogen-bond donors (Lipinski definition) is 2. The second-order valence-electron chi connectivity index (χ2n) is 3.68. The molecule has 5 heteroatoms. The van der Waals surface area contributed by atoms with Crippen molar-refractivity contribution in [3.8, 4) is 0 Å². The van der Waals surface area contributed by atoms with Gasteiger partial charge in [-0.3, -0.25) is 4.79 Å². The van der Waals surface area contributed by atoms with Crippen molar-refractivity contribution in [1.82, 2.24) is 4.90 Å². The lowest BCUT2D eigenvalue weighted by Crippen LogP contribution is -2.54. The maximum Gasteiger partial charge on any atom is 0.329 e. The average Bonchev–Trinajstić information content (AvgIpc) is 2.62. The number of carboxylic acids is 1. The van der Waals surface area contributed by atoms with Crippen molar-refractivity contribution in [2.45, 2.75) is 24.8 Å². The van der Waals surface area contributed by atoms with Gasteiger partial charge in [0.25, 0.3) is 0 Å². The molecule has 0 unspecified atom stereocenters. The third-order valence-corrected chi connectivity index (χ3v) is 2.84. The number of likely N-dealkylation sites (tertiary alicyclic amines) is 1. The summed E-state index contributed by atoms with van der Waals surface area (Å²) in [7, 11) is 0. The third-order valence-electron chi connectivity index (χ3n) is 2.84. The number of aliphatic carboxylic acids is 1. The molecule has 0 saturated carbocycles. The van der Waals surface area contributed by atoms with E-state index in [9.17, 15) is 14.7 Å². The van der Waals surface area contributed by atoms with Crippen LogP contribution in [-0.2, 0) is 9.59 Å². The van der Waals surface area contributed by atoms with Crippen LogP contribution < -0.4 is 5.73 Å². The largest absolute Gasteiger partial charge is 0.479 e. The Morgan fingerprint density at radius 2 is 2.27 bits per heavy atom.